The molecule has 1 aliphatic carbocycles. The van der Waals surface area contributed by atoms with Crippen LogP contribution in [0.1, 0.15) is 30.1 Å². The molecule has 0 unspecified atom stereocenters. The van der Waals surface area contributed by atoms with E-state index in [-0.39, 0.29) is 0 Å². The smallest absolute Gasteiger partial charge is 0.224 e. The van der Waals surface area contributed by atoms with Crippen LogP contribution in [-0.2, 0) is 0 Å². The standard InChI is InChI=1S/C14H14ClN3O/c1-8-6-10(15)4-5-11(8)19-13-7-12(16)17-14(18-13)9-2-3-9/h4-7,9H,2-3H2,1H3,(H2,16,17,18). The first-order chi connectivity index (χ1) is 9.11. The summed E-state index contributed by atoms with van der Waals surface area (Å²) in [5.41, 5.74) is 6.74. The fourth-order valence-corrected chi connectivity index (χ4v) is 2.10. The zero-order valence-electron chi connectivity index (χ0n) is 10.6. The quantitative estimate of drug-likeness (QED) is 0.928. The number of ether oxygens (including phenoxy) is 1. The van der Waals surface area contributed by atoms with Crippen molar-refractivity contribution in [2.24, 2.45) is 0 Å². The SMILES string of the molecule is Cc1cc(Cl)ccc1Oc1cc(N)nc(C2CC2)n1. The van der Waals surface area contributed by atoms with Crippen LogP contribution in [0, 0.1) is 6.92 Å². The Kier molecular flexibility index (Phi) is 3.03. The van der Waals surface area contributed by atoms with Gasteiger partial charge in [0.1, 0.15) is 17.4 Å². The Morgan fingerprint density at radius 1 is 1.26 bits per heavy atom. The van der Waals surface area contributed by atoms with Crippen LogP contribution in [0.4, 0.5) is 5.82 Å². The molecular weight excluding hydrogens is 262 g/mol. The molecule has 0 aliphatic heterocycles. The lowest BCUT2D eigenvalue weighted by Crippen LogP contribution is -2.00. The molecule has 4 nitrogen and oxygen atoms in total. The molecule has 0 amide bonds. The highest BCUT2D eigenvalue weighted by atomic mass is 35.5. The molecule has 5 heteroatoms. The predicted molar refractivity (Wildman–Crippen MR) is 74.7 cm³/mol. The van der Waals surface area contributed by atoms with Crippen LogP contribution in [0.25, 0.3) is 0 Å². The molecule has 0 bridgehead atoms. The lowest BCUT2D eigenvalue weighted by molar-refractivity contribution is 0.456. The molecule has 2 N–H and O–H groups in total. The van der Waals surface area contributed by atoms with Gasteiger partial charge in [-0.3, -0.25) is 0 Å². The Hall–Kier alpha value is -1.81. The molecule has 2 aromatic rings. The summed E-state index contributed by atoms with van der Waals surface area (Å²) in [6, 6.07) is 7.10. The summed E-state index contributed by atoms with van der Waals surface area (Å²) in [7, 11) is 0. The van der Waals surface area contributed by atoms with Crippen LogP contribution in [0.2, 0.25) is 5.02 Å². The molecule has 19 heavy (non-hydrogen) atoms. The molecule has 1 saturated carbocycles. The average Bonchev–Trinajstić information content (AvgIpc) is 3.16. The van der Waals surface area contributed by atoms with Gasteiger partial charge in [-0.2, -0.15) is 4.98 Å². The third kappa shape index (κ3) is 2.79. The molecule has 0 radical (unpaired) electrons. The number of hydrogen-bond acceptors (Lipinski definition) is 4. The van der Waals surface area contributed by atoms with E-state index in [0.717, 1.165) is 30.0 Å². The molecule has 0 spiro atoms. The van der Waals surface area contributed by atoms with Crippen molar-refractivity contribution in [1.82, 2.24) is 9.97 Å². The average molecular weight is 276 g/mol. The predicted octanol–water partition coefficient (Wildman–Crippen LogP) is 3.69. The Morgan fingerprint density at radius 3 is 2.74 bits per heavy atom. The van der Waals surface area contributed by atoms with Gasteiger partial charge in [-0.15, -0.1) is 0 Å². The molecule has 98 valence electrons. The molecule has 1 aliphatic rings. The van der Waals surface area contributed by atoms with Gasteiger partial charge in [0, 0.05) is 17.0 Å². The molecule has 3 rings (SSSR count). The molecule has 1 fully saturated rings. The Balaban J connectivity index is 1.89. The molecule has 1 aromatic carbocycles. The largest absolute Gasteiger partial charge is 0.439 e. The molecular formula is C14H14ClN3O. The van der Waals surface area contributed by atoms with Gasteiger partial charge in [-0.25, -0.2) is 4.98 Å². The number of aromatic nitrogens is 2. The first-order valence-corrected chi connectivity index (χ1v) is 6.58. The number of nitrogen functional groups attached to an aromatic ring is 1. The van der Waals surface area contributed by atoms with Crippen molar-refractivity contribution < 1.29 is 4.74 Å². The molecule has 0 atom stereocenters. The van der Waals surface area contributed by atoms with E-state index in [9.17, 15) is 0 Å². The Labute approximate surface area is 116 Å². The number of aryl methyl sites for hydroxylation is 1. The summed E-state index contributed by atoms with van der Waals surface area (Å²) in [6.45, 7) is 1.94. The maximum atomic E-state index is 5.92. The van der Waals surface area contributed by atoms with Crippen molar-refractivity contribution in [3.8, 4) is 11.6 Å². The van der Waals surface area contributed by atoms with E-state index in [2.05, 4.69) is 9.97 Å². The minimum atomic E-state index is 0.442. The van der Waals surface area contributed by atoms with E-state index < -0.39 is 0 Å². The number of hydrogen-bond donors (Lipinski definition) is 1. The minimum absolute atomic E-state index is 0.442. The number of anilines is 1. The van der Waals surface area contributed by atoms with Crippen molar-refractivity contribution >= 4 is 17.4 Å². The number of halogens is 1. The van der Waals surface area contributed by atoms with Crippen LogP contribution < -0.4 is 10.5 Å². The highest BCUT2D eigenvalue weighted by Crippen LogP contribution is 2.39. The number of nitrogens with zero attached hydrogens (tertiary/aromatic N) is 2. The van der Waals surface area contributed by atoms with E-state index >= 15 is 0 Å². The van der Waals surface area contributed by atoms with Crippen LogP contribution in [0.3, 0.4) is 0 Å². The summed E-state index contributed by atoms with van der Waals surface area (Å²) in [5.74, 6) is 2.88. The minimum Gasteiger partial charge on any atom is -0.439 e. The monoisotopic (exact) mass is 275 g/mol. The van der Waals surface area contributed by atoms with Crippen molar-refractivity contribution in [3.63, 3.8) is 0 Å². The normalized spacial score (nSPS) is 14.4. The van der Waals surface area contributed by atoms with Gasteiger partial charge in [-0.1, -0.05) is 11.6 Å². The van der Waals surface area contributed by atoms with Gasteiger partial charge in [-0.05, 0) is 43.5 Å². The van der Waals surface area contributed by atoms with Gasteiger partial charge in [0.25, 0.3) is 0 Å². The Morgan fingerprint density at radius 2 is 2.05 bits per heavy atom. The lowest BCUT2D eigenvalue weighted by atomic mass is 10.2. The van der Waals surface area contributed by atoms with Crippen LogP contribution in [0.5, 0.6) is 11.6 Å². The molecule has 0 saturated heterocycles. The second-order valence-electron chi connectivity index (χ2n) is 4.78. The third-order valence-electron chi connectivity index (χ3n) is 3.03. The van der Waals surface area contributed by atoms with Crippen molar-refractivity contribution in [2.75, 3.05) is 5.73 Å². The van der Waals surface area contributed by atoms with Crippen LogP contribution in [0.15, 0.2) is 24.3 Å². The van der Waals surface area contributed by atoms with Gasteiger partial charge >= 0.3 is 0 Å². The first kappa shape index (κ1) is 12.2. The molecule has 1 heterocycles. The fraction of sp³-hybridized carbons (Fsp3) is 0.286. The Bertz CT molecular complexity index is 626. The summed E-state index contributed by atoms with van der Waals surface area (Å²) in [6.07, 6.45) is 2.26. The highest BCUT2D eigenvalue weighted by Gasteiger charge is 2.27. The summed E-state index contributed by atoms with van der Waals surface area (Å²) < 4.78 is 5.77. The lowest BCUT2D eigenvalue weighted by Gasteiger charge is -2.09. The first-order valence-electron chi connectivity index (χ1n) is 6.20. The van der Waals surface area contributed by atoms with Gasteiger partial charge in [0.05, 0.1) is 0 Å². The molecule has 1 aromatic heterocycles. The summed E-state index contributed by atoms with van der Waals surface area (Å²) in [4.78, 5) is 8.65. The second kappa shape index (κ2) is 4.70. The zero-order valence-corrected chi connectivity index (χ0v) is 11.3. The fourth-order valence-electron chi connectivity index (χ4n) is 1.88. The van der Waals surface area contributed by atoms with Crippen molar-refractivity contribution in [3.05, 3.63) is 40.7 Å². The zero-order chi connectivity index (χ0) is 13.4. The van der Waals surface area contributed by atoms with E-state index in [1.807, 2.05) is 19.1 Å². The number of rotatable bonds is 3. The highest BCUT2D eigenvalue weighted by molar-refractivity contribution is 6.30. The maximum absolute atomic E-state index is 5.92. The number of benzene rings is 1. The van der Waals surface area contributed by atoms with E-state index in [1.165, 1.54) is 0 Å². The van der Waals surface area contributed by atoms with Crippen LogP contribution in [-0.4, -0.2) is 9.97 Å². The van der Waals surface area contributed by atoms with Crippen molar-refractivity contribution in [1.29, 1.82) is 0 Å². The van der Waals surface area contributed by atoms with E-state index in [0.29, 0.717) is 22.6 Å². The van der Waals surface area contributed by atoms with Gasteiger partial charge in [0.15, 0.2) is 0 Å². The van der Waals surface area contributed by atoms with E-state index in [1.54, 1.807) is 12.1 Å². The van der Waals surface area contributed by atoms with Gasteiger partial charge in [0.2, 0.25) is 5.88 Å². The maximum Gasteiger partial charge on any atom is 0.224 e. The van der Waals surface area contributed by atoms with Crippen LogP contribution >= 0.6 is 11.6 Å². The summed E-state index contributed by atoms with van der Waals surface area (Å²) >= 11 is 5.92. The third-order valence-corrected chi connectivity index (χ3v) is 3.27. The topological polar surface area (TPSA) is 61.0 Å². The second-order valence-corrected chi connectivity index (χ2v) is 5.21. The van der Waals surface area contributed by atoms with Gasteiger partial charge < -0.3 is 10.5 Å². The summed E-state index contributed by atoms with van der Waals surface area (Å²) in [5, 5.41) is 0.686. The van der Waals surface area contributed by atoms with E-state index in [4.69, 9.17) is 22.1 Å². The van der Waals surface area contributed by atoms with Crippen molar-refractivity contribution in [2.45, 2.75) is 25.7 Å². The number of nitrogens with two attached hydrogens (primary N) is 1.